The zero-order chi connectivity index (χ0) is 9.52. The highest BCUT2D eigenvalue weighted by molar-refractivity contribution is 4.74. The fraction of sp³-hybridized carbons (Fsp3) is 1.00. The van der Waals surface area contributed by atoms with E-state index in [1.165, 1.54) is 6.42 Å². The van der Waals surface area contributed by atoms with Gasteiger partial charge in [0.1, 0.15) is 0 Å². The Morgan fingerprint density at radius 1 is 1.38 bits per heavy atom. The van der Waals surface area contributed by atoms with Crippen LogP contribution < -0.4 is 5.32 Å². The molecule has 1 fully saturated rings. The van der Waals surface area contributed by atoms with Crippen molar-refractivity contribution in [1.82, 2.24) is 5.32 Å². The Labute approximate surface area is 80.8 Å². The number of ether oxygens (including phenoxy) is 2. The Morgan fingerprint density at radius 2 is 2.15 bits per heavy atom. The predicted octanol–water partition coefficient (Wildman–Crippen LogP) is 1.18. The lowest BCUT2D eigenvalue weighted by atomic mass is 10.2. The van der Waals surface area contributed by atoms with E-state index < -0.39 is 0 Å². The molecule has 1 rings (SSSR count). The van der Waals surface area contributed by atoms with Gasteiger partial charge in [0.25, 0.3) is 0 Å². The van der Waals surface area contributed by atoms with Gasteiger partial charge in [-0.15, -0.1) is 0 Å². The van der Waals surface area contributed by atoms with Gasteiger partial charge in [0.15, 0.2) is 0 Å². The Hall–Kier alpha value is -0.120. The molecule has 0 aliphatic carbocycles. The minimum Gasteiger partial charge on any atom is -0.379 e. The molecule has 3 heteroatoms. The molecular formula is C10H21NO2. The van der Waals surface area contributed by atoms with E-state index in [1.54, 1.807) is 0 Å². The summed E-state index contributed by atoms with van der Waals surface area (Å²) in [4.78, 5) is 0. The molecule has 0 spiro atoms. The van der Waals surface area contributed by atoms with Crippen molar-refractivity contribution in [2.75, 3.05) is 26.8 Å². The minimum atomic E-state index is 0.338. The van der Waals surface area contributed by atoms with E-state index in [2.05, 4.69) is 12.2 Å². The molecule has 0 saturated carbocycles. The van der Waals surface area contributed by atoms with Crippen LogP contribution in [0.4, 0.5) is 0 Å². The van der Waals surface area contributed by atoms with Gasteiger partial charge in [-0.1, -0.05) is 6.92 Å². The first kappa shape index (κ1) is 11.0. The Kier molecular flexibility index (Phi) is 5.35. The molecule has 0 bridgehead atoms. The number of hydrogen-bond acceptors (Lipinski definition) is 3. The van der Waals surface area contributed by atoms with Crippen LogP contribution in [0.3, 0.4) is 0 Å². The highest BCUT2D eigenvalue weighted by Crippen LogP contribution is 2.19. The van der Waals surface area contributed by atoms with Crippen molar-refractivity contribution in [3.63, 3.8) is 0 Å². The number of hydrogen-bond donors (Lipinski definition) is 1. The summed E-state index contributed by atoms with van der Waals surface area (Å²) < 4.78 is 11.2. The van der Waals surface area contributed by atoms with Gasteiger partial charge >= 0.3 is 0 Å². The maximum Gasteiger partial charge on any atom is 0.0813 e. The van der Waals surface area contributed by atoms with Gasteiger partial charge in [-0.2, -0.15) is 0 Å². The van der Waals surface area contributed by atoms with E-state index in [0.717, 1.165) is 32.6 Å². The van der Waals surface area contributed by atoms with Crippen molar-refractivity contribution in [1.29, 1.82) is 0 Å². The summed E-state index contributed by atoms with van der Waals surface area (Å²) >= 11 is 0. The monoisotopic (exact) mass is 187 g/mol. The molecule has 0 aromatic heterocycles. The SMILES string of the molecule is CCCOCC1CCC(CNC)O1. The van der Waals surface area contributed by atoms with Gasteiger partial charge in [-0.3, -0.25) is 0 Å². The molecule has 0 amide bonds. The lowest BCUT2D eigenvalue weighted by Crippen LogP contribution is -2.25. The van der Waals surface area contributed by atoms with Gasteiger partial charge < -0.3 is 14.8 Å². The Morgan fingerprint density at radius 3 is 2.85 bits per heavy atom. The summed E-state index contributed by atoms with van der Waals surface area (Å²) in [5, 5.41) is 3.13. The van der Waals surface area contributed by atoms with Gasteiger partial charge in [0.2, 0.25) is 0 Å². The largest absolute Gasteiger partial charge is 0.379 e. The second-order valence-corrected chi connectivity index (χ2v) is 3.59. The highest BCUT2D eigenvalue weighted by atomic mass is 16.5. The highest BCUT2D eigenvalue weighted by Gasteiger charge is 2.24. The van der Waals surface area contributed by atoms with E-state index in [4.69, 9.17) is 9.47 Å². The first-order valence-electron chi connectivity index (χ1n) is 5.24. The molecule has 1 heterocycles. The average molecular weight is 187 g/mol. The second-order valence-electron chi connectivity index (χ2n) is 3.59. The standard InChI is InChI=1S/C10H21NO2/c1-3-6-12-8-10-5-4-9(13-10)7-11-2/h9-11H,3-8H2,1-2H3. The number of nitrogens with one attached hydrogen (secondary N) is 1. The van der Waals surface area contributed by atoms with Crippen LogP contribution in [0.5, 0.6) is 0 Å². The zero-order valence-corrected chi connectivity index (χ0v) is 8.71. The van der Waals surface area contributed by atoms with Crippen LogP contribution in [0.25, 0.3) is 0 Å². The lowest BCUT2D eigenvalue weighted by Gasteiger charge is -2.13. The summed E-state index contributed by atoms with van der Waals surface area (Å²) in [6, 6.07) is 0. The normalized spacial score (nSPS) is 28.2. The van der Waals surface area contributed by atoms with E-state index in [9.17, 15) is 0 Å². The third-order valence-corrected chi connectivity index (χ3v) is 2.28. The van der Waals surface area contributed by atoms with Crippen LogP contribution >= 0.6 is 0 Å². The fourth-order valence-corrected chi connectivity index (χ4v) is 1.64. The quantitative estimate of drug-likeness (QED) is 0.633. The summed E-state index contributed by atoms with van der Waals surface area (Å²) in [7, 11) is 1.96. The van der Waals surface area contributed by atoms with Crippen LogP contribution in [-0.2, 0) is 9.47 Å². The molecule has 1 aliphatic rings. The second kappa shape index (κ2) is 6.35. The predicted molar refractivity (Wildman–Crippen MR) is 52.9 cm³/mol. The molecule has 1 saturated heterocycles. The van der Waals surface area contributed by atoms with Crippen LogP contribution in [0.2, 0.25) is 0 Å². The molecule has 0 aromatic rings. The molecule has 0 aromatic carbocycles. The van der Waals surface area contributed by atoms with Gasteiger partial charge in [0, 0.05) is 13.2 Å². The summed E-state index contributed by atoms with van der Waals surface area (Å²) in [6.45, 7) is 4.72. The maximum atomic E-state index is 5.76. The molecule has 1 N–H and O–H groups in total. The molecule has 3 nitrogen and oxygen atoms in total. The van der Waals surface area contributed by atoms with Crippen LogP contribution in [0, 0.1) is 0 Å². The van der Waals surface area contributed by atoms with Crippen LogP contribution in [0.15, 0.2) is 0 Å². The molecule has 1 aliphatic heterocycles. The molecule has 2 unspecified atom stereocenters. The van der Waals surface area contributed by atoms with Gasteiger partial charge in [-0.25, -0.2) is 0 Å². The van der Waals surface area contributed by atoms with Crippen molar-refractivity contribution < 1.29 is 9.47 Å². The van der Waals surface area contributed by atoms with E-state index >= 15 is 0 Å². The molecular weight excluding hydrogens is 166 g/mol. The van der Waals surface area contributed by atoms with Crippen LogP contribution in [-0.4, -0.2) is 39.0 Å². The smallest absolute Gasteiger partial charge is 0.0813 e. The summed E-state index contributed by atoms with van der Waals surface area (Å²) in [5.41, 5.74) is 0. The Balaban J connectivity index is 2.03. The third kappa shape index (κ3) is 4.07. The number of rotatable bonds is 6. The van der Waals surface area contributed by atoms with Crippen LogP contribution in [0.1, 0.15) is 26.2 Å². The molecule has 0 radical (unpaired) electrons. The minimum absolute atomic E-state index is 0.338. The Bertz CT molecular complexity index is 130. The average Bonchev–Trinajstić information content (AvgIpc) is 2.54. The van der Waals surface area contributed by atoms with Crippen molar-refractivity contribution in [3.8, 4) is 0 Å². The van der Waals surface area contributed by atoms with E-state index in [1.807, 2.05) is 7.05 Å². The lowest BCUT2D eigenvalue weighted by molar-refractivity contribution is -0.0136. The molecule has 78 valence electrons. The number of likely N-dealkylation sites (N-methyl/N-ethyl adjacent to an activating group) is 1. The maximum absolute atomic E-state index is 5.76. The van der Waals surface area contributed by atoms with Gasteiger partial charge in [-0.05, 0) is 26.3 Å². The zero-order valence-electron chi connectivity index (χ0n) is 8.71. The van der Waals surface area contributed by atoms with E-state index in [-0.39, 0.29) is 0 Å². The molecule has 2 atom stereocenters. The summed E-state index contributed by atoms with van der Waals surface area (Å²) in [6.07, 6.45) is 4.15. The van der Waals surface area contributed by atoms with Gasteiger partial charge in [0.05, 0.1) is 18.8 Å². The van der Waals surface area contributed by atoms with Crippen molar-refractivity contribution in [2.45, 2.75) is 38.4 Å². The van der Waals surface area contributed by atoms with Crippen molar-refractivity contribution in [3.05, 3.63) is 0 Å². The van der Waals surface area contributed by atoms with Crippen molar-refractivity contribution in [2.24, 2.45) is 0 Å². The van der Waals surface area contributed by atoms with Crippen molar-refractivity contribution >= 4 is 0 Å². The first-order valence-corrected chi connectivity index (χ1v) is 5.24. The molecule has 13 heavy (non-hydrogen) atoms. The third-order valence-electron chi connectivity index (χ3n) is 2.28. The first-order chi connectivity index (χ1) is 6.36. The van der Waals surface area contributed by atoms with E-state index in [0.29, 0.717) is 12.2 Å². The fourth-order valence-electron chi connectivity index (χ4n) is 1.64. The summed E-state index contributed by atoms with van der Waals surface area (Å²) in [5.74, 6) is 0. The topological polar surface area (TPSA) is 30.5 Å².